The Labute approximate surface area is 194 Å². The first kappa shape index (κ1) is 28.3. The molecule has 9 N–H and O–H groups in total. The third-order valence-corrected chi connectivity index (χ3v) is 5.89. The molecule has 2 heterocycles. The highest BCUT2D eigenvalue weighted by Gasteiger charge is 2.59. The molecular weight excluding hydrogens is 464 g/mol. The van der Waals surface area contributed by atoms with Crippen LogP contribution in [0.25, 0.3) is 0 Å². The minimum Gasteiger partial charge on any atom is -0.479 e. The van der Waals surface area contributed by atoms with Crippen LogP contribution in [0.4, 0.5) is 0 Å². The van der Waals surface area contributed by atoms with E-state index in [1.807, 2.05) is 0 Å². The molecule has 2 aliphatic rings. The number of aliphatic carboxylic acids is 1. The van der Waals surface area contributed by atoms with Gasteiger partial charge in [0.2, 0.25) is 11.8 Å². The van der Waals surface area contributed by atoms with Crippen LogP contribution in [0.2, 0.25) is 0 Å². The molecule has 2 aliphatic heterocycles. The number of aliphatic hydroxyl groups is 6. The number of nitrogens with one attached hydrogen (secondary N) is 2. The summed E-state index contributed by atoms with van der Waals surface area (Å²) in [5.41, 5.74) is -2.51. The molecule has 15 heteroatoms. The van der Waals surface area contributed by atoms with Crippen molar-refractivity contribution in [2.24, 2.45) is 0 Å². The Hall–Kier alpha value is -1.95. The summed E-state index contributed by atoms with van der Waals surface area (Å²) >= 11 is 0. The smallest absolute Gasteiger partial charge is 0.338 e. The predicted octanol–water partition coefficient (Wildman–Crippen LogP) is -5.22. The lowest BCUT2D eigenvalue weighted by molar-refractivity contribution is -0.300. The molecule has 2 fully saturated rings. The van der Waals surface area contributed by atoms with Gasteiger partial charge >= 0.3 is 5.97 Å². The maximum Gasteiger partial charge on any atom is 0.338 e. The van der Waals surface area contributed by atoms with Gasteiger partial charge in [0.15, 0.2) is 11.9 Å². The second-order valence-electron chi connectivity index (χ2n) is 8.44. The topological polar surface area (TPSA) is 245 Å². The molecule has 0 saturated carbocycles. The fourth-order valence-corrected chi connectivity index (χ4v) is 4.12. The molecule has 15 nitrogen and oxygen atoms in total. The molecule has 2 unspecified atom stereocenters. The monoisotopic (exact) mass is 496 g/mol. The van der Waals surface area contributed by atoms with Crippen LogP contribution >= 0.6 is 0 Å². The third kappa shape index (κ3) is 5.64. The van der Waals surface area contributed by atoms with Gasteiger partial charge in [-0.2, -0.15) is 0 Å². The first-order valence-corrected chi connectivity index (χ1v) is 10.5. The fraction of sp³-hybridized carbons (Fsp3) is 0.842. The second-order valence-corrected chi connectivity index (χ2v) is 8.44. The van der Waals surface area contributed by atoms with Gasteiger partial charge in [0.1, 0.15) is 48.8 Å². The number of carbonyl (C=O) groups excluding carboxylic acids is 2. The minimum absolute atomic E-state index is 0.683. The van der Waals surface area contributed by atoms with Crippen LogP contribution in [0.1, 0.15) is 20.8 Å². The Kier molecular flexibility index (Phi) is 9.31. The van der Waals surface area contributed by atoms with Crippen molar-refractivity contribution < 1.29 is 64.3 Å². The van der Waals surface area contributed by atoms with Crippen LogP contribution in [-0.4, -0.2) is 133 Å². The number of amides is 2. The molecule has 34 heavy (non-hydrogen) atoms. The van der Waals surface area contributed by atoms with E-state index in [0.29, 0.717) is 0 Å². The Bertz CT molecular complexity index is 754. The van der Waals surface area contributed by atoms with Crippen LogP contribution < -0.4 is 10.6 Å². The summed E-state index contributed by atoms with van der Waals surface area (Å²) in [5.74, 6) is -3.10. The summed E-state index contributed by atoms with van der Waals surface area (Å²) in [6.07, 6.45) is -13.4. The molecule has 0 radical (unpaired) electrons. The Morgan fingerprint density at radius 2 is 1.35 bits per heavy atom. The van der Waals surface area contributed by atoms with E-state index in [9.17, 15) is 50.1 Å². The summed E-state index contributed by atoms with van der Waals surface area (Å²) in [6, 6.07) is -3.05. The molecule has 11 atom stereocenters. The molecule has 0 bridgehead atoms. The quantitative estimate of drug-likeness (QED) is 0.153. The second kappa shape index (κ2) is 11.2. The zero-order chi connectivity index (χ0) is 26.0. The van der Waals surface area contributed by atoms with Crippen molar-refractivity contribution in [3.63, 3.8) is 0 Å². The highest BCUT2D eigenvalue weighted by molar-refractivity contribution is 5.79. The van der Waals surface area contributed by atoms with Crippen molar-refractivity contribution in [1.82, 2.24) is 10.6 Å². The molecule has 0 aliphatic carbocycles. The molecule has 0 spiro atoms. The summed E-state index contributed by atoms with van der Waals surface area (Å²) < 4.78 is 16.3. The first-order valence-electron chi connectivity index (χ1n) is 10.5. The van der Waals surface area contributed by atoms with E-state index in [1.54, 1.807) is 0 Å². The minimum atomic E-state index is -2.51. The maximum absolute atomic E-state index is 12.4. The summed E-state index contributed by atoms with van der Waals surface area (Å²) in [4.78, 5) is 35.8. The van der Waals surface area contributed by atoms with E-state index in [1.165, 1.54) is 0 Å². The third-order valence-electron chi connectivity index (χ3n) is 5.89. The van der Waals surface area contributed by atoms with Crippen molar-refractivity contribution in [3.05, 3.63) is 0 Å². The number of rotatable bonds is 8. The number of carboxylic acids is 1. The number of hydrogen-bond acceptors (Lipinski definition) is 12. The molecule has 2 amide bonds. The van der Waals surface area contributed by atoms with Gasteiger partial charge in [-0.15, -0.1) is 0 Å². The lowest BCUT2D eigenvalue weighted by Gasteiger charge is -2.50. The number of hydrogen-bond donors (Lipinski definition) is 9. The van der Waals surface area contributed by atoms with Gasteiger partial charge in [-0.25, -0.2) is 4.79 Å². The van der Waals surface area contributed by atoms with Gasteiger partial charge in [0.25, 0.3) is 0 Å². The van der Waals surface area contributed by atoms with E-state index in [4.69, 9.17) is 14.2 Å². The van der Waals surface area contributed by atoms with E-state index in [-0.39, 0.29) is 0 Å². The molecule has 0 aromatic carbocycles. The first-order chi connectivity index (χ1) is 15.8. The van der Waals surface area contributed by atoms with Gasteiger partial charge in [-0.3, -0.25) is 9.59 Å². The number of carboxylic acid groups (broad SMARTS) is 1. The van der Waals surface area contributed by atoms with E-state index in [0.717, 1.165) is 20.8 Å². The maximum atomic E-state index is 12.4. The number of aliphatic hydroxyl groups excluding tert-OH is 6. The Balaban J connectivity index is 2.53. The average Bonchev–Trinajstić information content (AvgIpc) is 2.75. The zero-order valence-corrected chi connectivity index (χ0v) is 18.8. The van der Waals surface area contributed by atoms with Crippen LogP contribution in [0.3, 0.4) is 0 Å². The van der Waals surface area contributed by atoms with E-state index in [2.05, 4.69) is 10.6 Å². The van der Waals surface area contributed by atoms with E-state index < -0.39 is 97.7 Å². The largest absolute Gasteiger partial charge is 0.479 e. The lowest BCUT2D eigenvalue weighted by Crippen LogP contribution is -2.73. The van der Waals surface area contributed by atoms with Crippen molar-refractivity contribution in [2.75, 3.05) is 13.2 Å². The molecule has 2 saturated heterocycles. The lowest BCUT2D eigenvalue weighted by atomic mass is 9.83. The molecular formula is C19H32N2O13. The highest BCUT2D eigenvalue weighted by atomic mass is 16.6. The molecule has 2 rings (SSSR count). The Morgan fingerprint density at radius 1 is 0.853 bits per heavy atom. The molecule has 0 aromatic heterocycles. The van der Waals surface area contributed by atoms with Gasteiger partial charge in [-0.1, -0.05) is 0 Å². The van der Waals surface area contributed by atoms with Crippen molar-refractivity contribution in [3.8, 4) is 0 Å². The predicted molar refractivity (Wildman–Crippen MR) is 108 cm³/mol. The van der Waals surface area contributed by atoms with Crippen molar-refractivity contribution in [1.29, 1.82) is 0 Å². The zero-order valence-electron chi connectivity index (χ0n) is 18.8. The number of ether oxygens (including phenoxy) is 3. The normalized spacial score (nSPS) is 40.1. The summed E-state index contributed by atoms with van der Waals surface area (Å²) in [6.45, 7) is 1.54. The molecule has 196 valence electrons. The summed E-state index contributed by atoms with van der Waals surface area (Å²) in [7, 11) is 0. The van der Waals surface area contributed by atoms with Crippen LogP contribution in [0.15, 0.2) is 0 Å². The van der Waals surface area contributed by atoms with Crippen molar-refractivity contribution in [2.45, 2.75) is 87.5 Å². The van der Waals surface area contributed by atoms with Gasteiger partial charge < -0.3 is 60.6 Å². The van der Waals surface area contributed by atoms with Gasteiger partial charge in [-0.05, 0) is 6.92 Å². The van der Waals surface area contributed by atoms with Crippen LogP contribution in [0.5, 0.6) is 0 Å². The molecule has 0 aromatic rings. The highest BCUT2D eigenvalue weighted by Crippen LogP contribution is 2.35. The standard InChI is InChI=1S/C19H32N2O13/c1-6(24)20-10-14(28)12(26)8(4-22)32-16(10)19(3,18(30)31)34-15-11(21-7(2)25)17(29)33-9(5-23)13(15)27/h8-17,22-23,26-29H,4-5H2,1-3H3,(H,20,24)(H,21,25)(H,30,31)/t8-,9-,10-,11-,12-,13-,14-,15-,16?,17+,19?/m1/s1. The average molecular weight is 496 g/mol. The van der Waals surface area contributed by atoms with Crippen molar-refractivity contribution >= 4 is 17.8 Å². The van der Waals surface area contributed by atoms with Gasteiger partial charge in [0, 0.05) is 13.8 Å². The van der Waals surface area contributed by atoms with Crippen LogP contribution in [-0.2, 0) is 28.6 Å². The van der Waals surface area contributed by atoms with E-state index >= 15 is 0 Å². The van der Waals surface area contributed by atoms with Gasteiger partial charge in [0.05, 0.1) is 19.3 Å². The summed E-state index contributed by atoms with van der Waals surface area (Å²) in [5, 5.41) is 75.4. The number of carbonyl (C=O) groups is 3. The SMILES string of the molecule is CC(=O)N[C@@H]1[C@@H](OC(C)(C(=O)O)C2O[C@H](CO)[C@@H](O)[C@H](O)[C@H]2NC(C)=O)[C@H](O)[C@@H](CO)O[C@@H]1O. The fourth-order valence-electron chi connectivity index (χ4n) is 4.12. The Morgan fingerprint density at radius 3 is 1.82 bits per heavy atom. The van der Waals surface area contributed by atoms with Crippen LogP contribution in [0, 0.1) is 0 Å².